The summed E-state index contributed by atoms with van der Waals surface area (Å²) >= 11 is 11.8. The summed E-state index contributed by atoms with van der Waals surface area (Å²) in [5, 5.41) is 12.5. The van der Waals surface area contributed by atoms with Gasteiger partial charge >= 0.3 is 0 Å². The molecule has 0 fully saturated rings. The molecule has 0 bridgehead atoms. The van der Waals surface area contributed by atoms with Crippen molar-refractivity contribution in [1.82, 2.24) is 0 Å². The molecule has 1 N–H and O–H groups in total. The Balaban J connectivity index is 2.13. The molecule has 0 aliphatic carbocycles. The standard InChI is InChI=1S/C15H13Cl2NO3/c1-20-15-7-10(8-18-19)3-5-14(15)21-9-11-2-4-12(16)13(17)6-11/h2-8,19H,9H2,1H3/b18-8+. The van der Waals surface area contributed by atoms with Crippen molar-refractivity contribution in [3.05, 3.63) is 57.6 Å². The van der Waals surface area contributed by atoms with Gasteiger partial charge in [0.1, 0.15) is 6.61 Å². The van der Waals surface area contributed by atoms with Gasteiger partial charge in [0.2, 0.25) is 0 Å². The van der Waals surface area contributed by atoms with Crippen LogP contribution >= 0.6 is 23.2 Å². The lowest BCUT2D eigenvalue weighted by molar-refractivity contribution is 0.284. The minimum Gasteiger partial charge on any atom is -0.493 e. The maximum absolute atomic E-state index is 8.53. The van der Waals surface area contributed by atoms with Crippen LogP contribution in [-0.2, 0) is 6.61 Å². The molecule has 0 saturated carbocycles. The number of rotatable bonds is 5. The van der Waals surface area contributed by atoms with Gasteiger partial charge in [-0.3, -0.25) is 0 Å². The summed E-state index contributed by atoms with van der Waals surface area (Å²) in [6, 6.07) is 10.5. The van der Waals surface area contributed by atoms with Crippen LogP contribution in [0.2, 0.25) is 10.0 Å². The molecule has 0 spiro atoms. The highest BCUT2D eigenvalue weighted by molar-refractivity contribution is 6.42. The minimum absolute atomic E-state index is 0.334. The number of methoxy groups -OCH3 is 1. The molecule has 6 heteroatoms. The Morgan fingerprint density at radius 2 is 1.90 bits per heavy atom. The molecule has 0 unspecified atom stereocenters. The lowest BCUT2D eigenvalue weighted by Crippen LogP contribution is -1.98. The molecule has 0 aromatic heterocycles. The van der Waals surface area contributed by atoms with E-state index < -0.39 is 0 Å². The first-order valence-electron chi connectivity index (χ1n) is 6.06. The fourth-order valence-electron chi connectivity index (χ4n) is 1.74. The van der Waals surface area contributed by atoms with Crippen LogP contribution in [0.15, 0.2) is 41.6 Å². The molecule has 110 valence electrons. The summed E-state index contributed by atoms with van der Waals surface area (Å²) in [5.41, 5.74) is 1.60. The van der Waals surface area contributed by atoms with Gasteiger partial charge in [0.15, 0.2) is 11.5 Å². The van der Waals surface area contributed by atoms with Gasteiger partial charge in [-0.2, -0.15) is 0 Å². The SMILES string of the molecule is COc1cc(/C=N/O)ccc1OCc1ccc(Cl)c(Cl)c1. The minimum atomic E-state index is 0.334. The van der Waals surface area contributed by atoms with Crippen molar-refractivity contribution < 1.29 is 14.7 Å². The molecule has 0 radical (unpaired) electrons. The van der Waals surface area contributed by atoms with Gasteiger partial charge < -0.3 is 14.7 Å². The van der Waals surface area contributed by atoms with Crippen LogP contribution in [0.4, 0.5) is 0 Å². The number of hydrogen-bond donors (Lipinski definition) is 1. The zero-order valence-electron chi connectivity index (χ0n) is 11.2. The normalized spacial score (nSPS) is 10.8. The number of ether oxygens (including phenoxy) is 2. The summed E-state index contributed by atoms with van der Waals surface area (Å²) in [7, 11) is 1.54. The first-order chi connectivity index (χ1) is 10.1. The average Bonchev–Trinajstić information content (AvgIpc) is 2.49. The summed E-state index contributed by atoms with van der Waals surface area (Å²) in [4.78, 5) is 0. The van der Waals surface area contributed by atoms with E-state index in [9.17, 15) is 0 Å². The highest BCUT2D eigenvalue weighted by atomic mass is 35.5. The second-order valence-electron chi connectivity index (χ2n) is 4.19. The third kappa shape index (κ3) is 4.03. The highest BCUT2D eigenvalue weighted by Gasteiger charge is 2.06. The Hall–Kier alpha value is -1.91. The Morgan fingerprint density at radius 3 is 2.57 bits per heavy atom. The van der Waals surface area contributed by atoms with Gasteiger partial charge in [-0.15, -0.1) is 0 Å². The largest absolute Gasteiger partial charge is 0.493 e. The summed E-state index contributed by atoms with van der Waals surface area (Å²) < 4.78 is 11.0. The smallest absolute Gasteiger partial charge is 0.161 e. The van der Waals surface area contributed by atoms with Crippen LogP contribution in [0.3, 0.4) is 0 Å². The second kappa shape index (κ2) is 7.20. The molecule has 0 heterocycles. The molecule has 2 aromatic rings. The van der Waals surface area contributed by atoms with Gasteiger partial charge in [-0.25, -0.2) is 0 Å². The van der Waals surface area contributed by atoms with Crippen molar-refractivity contribution in [2.45, 2.75) is 6.61 Å². The van der Waals surface area contributed by atoms with E-state index in [-0.39, 0.29) is 0 Å². The van der Waals surface area contributed by atoms with E-state index in [4.69, 9.17) is 37.9 Å². The van der Waals surface area contributed by atoms with E-state index in [2.05, 4.69) is 5.16 Å². The van der Waals surface area contributed by atoms with Gasteiger partial charge in [0.05, 0.1) is 23.4 Å². The molecule has 2 rings (SSSR count). The molecule has 0 atom stereocenters. The van der Waals surface area contributed by atoms with E-state index in [1.165, 1.54) is 6.21 Å². The summed E-state index contributed by atoms with van der Waals surface area (Å²) in [6.45, 7) is 0.334. The lowest BCUT2D eigenvalue weighted by Gasteiger charge is -2.11. The topological polar surface area (TPSA) is 51.0 Å². The van der Waals surface area contributed by atoms with E-state index in [1.807, 2.05) is 6.07 Å². The Bertz CT molecular complexity index is 659. The number of nitrogens with zero attached hydrogens (tertiary/aromatic N) is 1. The Morgan fingerprint density at radius 1 is 1.10 bits per heavy atom. The van der Waals surface area contributed by atoms with Crippen molar-refractivity contribution in [2.75, 3.05) is 7.11 Å². The van der Waals surface area contributed by atoms with Crippen molar-refractivity contribution in [3.63, 3.8) is 0 Å². The van der Waals surface area contributed by atoms with Crippen molar-refractivity contribution >= 4 is 29.4 Å². The first kappa shape index (κ1) is 15.5. The molecule has 21 heavy (non-hydrogen) atoms. The predicted molar refractivity (Wildman–Crippen MR) is 83.2 cm³/mol. The molecule has 0 aliphatic heterocycles. The Kier molecular flexibility index (Phi) is 5.31. The fourth-order valence-corrected chi connectivity index (χ4v) is 2.06. The molecule has 0 amide bonds. The first-order valence-corrected chi connectivity index (χ1v) is 6.82. The van der Waals surface area contributed by atoms with E-state index in [1.54, 1.807) is 37.4 Å². The third-order valence-electron chi connectivity index (χ3n) is 2.77. The quantitative estimate of drug-likeness (QED) is 0.504. The van der Waals surface area contributed by atoms with Crippen LogP contribution in [0.25, 0.3) is 0 Å². The summed E-state index contributed by atoms with van der Waals surface area (Å²) in [5.74, 6) is 1.13. The van der Waals surface area contributed by atoms with Crippen LogP contribution in [0, 0.1) is 0 Å². The number of hydrogen-bond acceptors (Lipinski definition) is 4. The molecular weight excluding hydrogens is 313 g/mol. The maximum Gasteiger partial charge on any atom is 0.161 e. The van der Waals surface area contributed by atoms with Crippen LogP contribution in [0.5, 0.6) is 11.5 Å². The summed E-state index contributed by atoms with van der Waals surface area (Å²) in [6.07, 6.45) is 1.31. The van der Waals surface area contributed by atoms with Crippen LogP contribution in [0.1, 0.15) is 11.1 Å². The fraction of sp³-hybridized carbons (Fsp3) is 0.133. The molecule has 0 aliphatic rings. The monoisotopic (exact) mass is 325 g/mol. The van der Waals surface area contributed by atoms with E-state index >= 15 is 0 Å². The molecule has 0 saturated heterocycles. The zero-order chi connectivity index (χ0) is 15.2. The average molecular weight is 326 g/mol. The maximum atomic E-state index is 8.53. The molecular formula is C15H13Cl2NO3. The Labute approximate surface area is 132 Å². The molecule has 4 nitrogen and oxygen atoms in total. The lowest BCUT2D eigenvalue weighted by atomic mass is 10.2. The van der Waals surface area contributed by atoms with E-state index in [0.717, 1.165) is 5.56 Å². The van der Waals surface area contributed by atoms with Gasteiger partial charge in [-0.1, -0.05) is 34.4 Å². The van der Waals surface area contributed by atoms with Crippen LogP contribution < -0.4 is 9.47 Å². The predicted octanol–water partition coefficient (Wildman–Crippen LogP) is 4.39. The van der Waals surface area contributed by atoms with Crippen molar-refractivity contribution in [1.29, 1.82) is 0 Å². The van der Waals surface area contributed by atoms with Crippen LogP contribution in [-0.4, -0.2) is 18.5 Å². The number of halogens is 2. The number of benzene rings is 2. The highest BCUT2D eigenvalue weighted by Crippen LogP contribution is 2.29. The van der Waals surface area contributed by atoms with Gasteiger partial charge in [0.25, 0.3) is 0 Å². The second-order valence-corrected chi connectivity index (χ2v) is 5.01. The zero-order valence-corrected chi connectivity index (χ0v) is 12.7. The molecule has 2 aromatic carbocycles. The van der Waals surface area contributed by atoms with Gasteiger partial charge in [0, 0.05) is 5.56 Å². The van der Waals surface area contributed by atoms with Gasteiger partial charge in [-0.05, 0) is 35.9 Å². The number of oxime groups is 1. The van der Waals surface area contributed by atoms with Crippen molar-refractivity contribution in [3.8, 4) is 11.5 Å². The van der Waals surface area contributed by atoms with Crippen molar-refractivity contribution in [2.24, 2.45) is 5.16 Å². The third-order valence-corrected chi connectivity index (χ3v) is 3.51. The van der Waals surface area contributed by atoms with E-state index in [0.29, 0.717) is 33.7 Å².